The standard InChI is InChI=1S/C24H26ClN5O2/c1-13(2)21-18-10-16(15-6-8-29(9-7-15)24(31)32)4-5-20(18)27-22(21)17-11-19(25)23-26-14(3)28-30(23)12-17/h4-5,10-13,15,27H,6-9H2,1-3H3,(H,31,32). The number of piperidine rings is 1. The van der Waals surface area contributed by atoms with Crippen LogP contribution < -0.4 is 0 Å². The number of aromatic amines is 1. The molecule has 32 heavy (non-hydrogen) atoms. The highest BCUT2D eigenvalue weighted by atomic mass is 35.5. The maximum atomic E-state index is 11.2. The third-order valence-corrected chi connectivity index (χ3v) is 6.74. The lowest BCUT2D eigenvalue weighted by Crippen LogP contribution is -2.36. The fraction of sp³-hybridized carbons (Fsp3) is 0.375. The van der Waals surface area contributed by atoms with E-state index in [0.29, 0.717) is 41.4 Å². The maximum absolute atomic E-state index is 11.2. The molecule has 1 fully saturated rings. The minimum Gasteiger partial charge on any atom is -0.465 e. The Kier molecular flexibility index (Phi) is 5.08. The summed E-state index contributed by atoms with van der Waals surface area (Å²) in [6.07, 6.45) is 2.85. The van der Waals surface area contributed by atoms with Gasteiger partial charge in [-0.25, -0.2) is 14.3 Å². The van der Waals surface area contributed by atoms with Gasteiger partial charge >= 0.3 is 6.09 Å². The Morgan fingerprint density at radius 1 is 1.25 bits per heavy atom. The predicted octanol–water partition coefficient (Wildman–Crippen LogP) is 5.82. The summed E-state index contributed by atoms with van der Waals surface area (Å²) in [5.74, 6) is 1.36. The number of carbonyl (C=O) groups is 1. The number of aryl methyl sites for hydroxylation is 1. The van der Waals surface area contributed by atoms with Gasteiger partial charge in [-0.05, 0) is 60.9 Å². The molecule has 1 aromatic carbocycles. The van der Waals surface area contributed by atoms with E-state index in [9.17, 15) is 9.90 Å². The average Bonchev–Trinajstić information content (AvgIpc) is 3.33. The van der Waals surface area contributed by atoms with E-state index in [4.69, 9.17) is 11.6 Å². The van der Waals surface area contributed by atoms with Crippen LogP contribution in [0.15, 0.2) is 30.5 Å². The van der Waals surface area contributed by atoms with E-state index >= 15 is 0 Å². The lowest BCUT2D eigenvalue weighted by atomic mass is 9.87. The molecule has 1 amide bonds. The van der Waals surface area contributed by atoms with E-state index in [1.807, 2.05) is 19.2 Å². The summed E-state index contributed by atoms with van der Waals surface area (Å²) in [4.78, 5) is 20.8. The van der Waals surface area contributed by atoms with Gasteiger partial charge in [0.15, 0.2) is 5.65 Å². The molecule has 0 radical (unpaired) electrons. The summed E-state index contributed by atoms with van der Waals surface area (Å²) >= 11 is 6.53. The van der Waals surface area contributed by atoms with Gasteiger partial charge in [0.05, 0.1) is 10.7 Å². The topological polar surface area (TPSA) is 86.5 Å². The second-order valence-electron chi connectivity index (χ2n) is 8.92. The van der Waals surface area contributed by atoms with Gasteiger partial charge in [-0.2, -0.15) is 5.10 Å². The van der Waals surface area contributed by atoms with Gasteiger partial charge < -0.3 is 15.0 Å². The number of benzene rings is 1. The van der Waals surface area contributed by atoms with Crippen LogP contribution in [0.2, 0.25) is 5.02 Å². The number of hydrogen-bond acceptors (Lipinski definition) is 3. The predicted molar refractivity (Wildman–Crippen MR) is 126 cm³/mol. The van der Waals surface area contributed by atoms with Crippen LogP contribution in [0.3, 0.4) is 0 Å². The monoisotopic (exact) mass is 451 g/mol. The van der Waals surface area contributed by atoms with Gasteiger partial charge in [0.2, 0.25) is 0 Å². The molecule has 0 atom stereocenters. The zero-order valence-corrected chi connectivity index (χ0v) is 19.1. The molecule has 0 saturated carbocycles. The molecule has 0 bridgehead atoms. The number of nitrogens with zero attached hydrogens (tertiary/aromatic N) is 4. The van der Waals surface area contributed by atoms with Crippen molar-refractivity contribution in [1.29, 1.82) is 0 Å². The minimum atomic E-state index is -0.825. The van der Waals surface area contributed by atoms with Crippen LogP contribution >= 0.6 is 11.6 Å². The van der Waals surface area contributed by atoms with Crippen molar-refractivity contribution < 1.29 is 9.90 Å². The molecule has 2 N–H and O–H groups in total. The lowest BCUT2D eigenvalue weighted by molar-refractivity contribution is 0.132. The third kappa shape index (κ3) is 3.50. The maximum Gasteiger partial charge on any atom is 0.407 e. The average molecular weight is 452 g/mol. The van der Waals surface area contributed by atoms with Gasteiger partial charge in [-0.15, -0.1) is 0 Å². The number of fused-ring (bicyclic) bond motifs is 2. The highest BCUT2D eigenvalue weighted by Crippen LogP contribution is 2.39. The Balaban J connectivity index is 1.58. The van der Waals surface area contributed by atoms with E-state index in [0.717, 1.165) is 29.6 Å². The normalized spacial score (nSPS) is 15.3. The summed E-state index contributed by atoms with van der Waals surface area (Å²) < 4.78 is 1.74. The van der Waals surface area contributed by atoms with Crippen LogP contribution in [-0.4, -0.2) is 48.8 Å². The first-order valence-electron chi connectivity index (χ1n) is 11.0. The number of aromatic nitrogens is 4. The first-order chi connectivity index (χ1) is 15.3. The van der Waals surface area contributed by atoms with Crippen LogP contribution in [0, 0.1) is 6.92 Å². The fourth-order valence-corrected chi connectivity index (χ4v) is 5.15. The Morgan fingerprint density at radius 3 is 2.69 bits per heavy atom. The van der Waals surface area contributed by atoms with Crippen molar-refractivity contribution in [3.8, 4) is 11.3 Å². The van der Waals surface area contributed by atoms with E-state index in [1.54, 1.807) is 4.52 Å². The van der Waals surface area contributed by atoms with Gasteiger partial charge in [0.1, 0.15) is 5.82 Å². The Morgan fingerprint density at radius 2 is 2.00 bits per heavy atom. The molecular weight excluding hydrogens is 426 g/mol. The summed E-state index contributed by atoms with van der Waals surface area (Å²) in [5, 5.41) is 15.5. The quantitative estimate of drug-likeness (QED) is 0.411. The number of carboxylic acid groups (broad SMARTS) is 1. The molecule has 7 nitrogen and oxygen atoms in total. The van der Waals surface area contributed by atoms with Crippen LogP contribution in [-0.2, 0) is 0 Å². The lowest BCUT2D eigenvalue weighted by Gasteiger charge is -2.30. The first kappa shape index (κ1) is 20.8. The van der Waals surface area contributed by atoms with Crippen molar-refractivity contribution >= 4 is 34.2 Å². The highest BCUT2D eigenvalue weighted by molar-refractivity contribution is 6.33. The number of H-pyrrole nitrogens is 1. The van der Waals surface area contributed by atoms with Crippen LogP contribution in [0.25, 0.3) is 27.8 Å². The molecule has 3 aromatic heterocycles. The van der Waals surface area contributed by atoms with Crippen molar-refractivity contribution in [1.82, 2.24) is 24.5 Å². The Bertz CT molecular complexity index is 1330. The molecule has 0 aliphatic carbocycles. The van der Waals surface area contributed by atoms with Gasteiger partial charge in [-0.1, -0.05) is 31.5 Å². The number of rotatable bonds is 3. The fourth-order valence-electron chi connectivity index (χ4n) is 4.91. The van der Waals surface area contributed by atoms with Crippen molar-refractivity contribution in [2.45, 2.75) is 45.4 Å². The molecule has 4 aromatic rings. The molecule has 0 unspecified atom stereocenters. The summed E-state index contributed by atoms with van der Waals surface area (Å²) in [6.45, 7) is 7.42. The van der Waals surface area contributed by atoms with Crippen molar-refractivity contribution in [2.75, 3.05) is 13.1 Å². The molecule has 5 rings (SSSR count). The molecule has 1 aliphatic rings. The SMILES string of the molecule is Cc1nc2c(Cl)cc(-c3[nH]c4ccc(C5CCN(C(=O)O)CC5)cc4c3C(C)C)cn2n1. The number of halogens is 1. The van der Waals surface area contributed by atoms with Crippen LogP contribution in [0.1, 0.15) is 55.5 Å². The molecule has 1 aliphatic heterocycles. The zero-order valence-electron chi connectivity index (χ0n) is 18.4. The minimum absolute atomic E-state index is 0.301. The summed E-state index contributed by atoms with van der Waals surface area (Å²) in [5.41, 5.74) is 6.28. The van der Waals surface area contributed by atoms with Crippen molar-refractivity contribution in [3.05, 3.63) is 52.4 Å². The second kappa shape index (κ2) is 7.81. The first-order valence-corrected chi connectivity index (χ1v) is 11.4. The Labute approximate surface area is 191 Å². The molecule has 0 spiro atoms. The molecule has 4 heterocycles. The third-order valence-electron chi connectivity index (χ3n) is 6.46. The van der Waals surface area contributed by atoms with Crippen LogP contribution in [0.4, 0.5) is 4.79 Å². The van der Waals surface area contributed by atoms with E-state index in [1.165, 1.54) is 21.4 Å². The van der Waals surface area contributed by atoms with Crippen molar-refractivity contribution in [2.24, 2.45) is 0 Å². The van der Waals surface area contributed by atoms with Gasteiger partial charge in [-0.3, -0.25) is 0 Å². The van der Waals surface area contributed by atoms with Gasteiger partial charge in [0.25, 0.3) is 0 Å². The number of hydrogen-bond donors (Lipinski definition) is 2. The summed E-state index contributed by atoms with van der Waals surface area (Å²) in [6, 6.07) is 8.55. The zero-order chi connectivity index (χ0) is 22.6. The van der Waals surface area contributed by atoms with E-state index in [-0.39, 0.29) is 0 Å². The largest absolute Gasteiger partial charge is 0.465 e. The number of amides is 1. The number of pyridine rings is 1. The van der Waals surface area contributed by atoms with E-state index < -0.39 is 6.09 Å². The Hall–Kier alpha value is -3.06. The molecule has 166 valence electrons. The molecule has 8 heteroatoms. The molecular formula is C24H26ClN5O2. The van der Waals surface area contributed by atoms with Crippen molar-refractivity contribution in [3.63, 3.8) is 0 Å². The molecule has 1 saturated heterocycles. The number of likely N-dealkylation sites (tertiary alicyclic amines) is 1. The number of nitrogens with one attached hydrogen (secondary N) is 1. The van der Waals surface area contributed by atoms with E-state index in [2.05, 4.69) is 47.1 Å². The summed E-state index contributed by atoms with van der Waals surface area (Å²) in [7, 11) is 0. The second-order valence-corrected chi connectivity index (χ2v) is 9.33. The highest BCUT2D eigenvalue weighted by Gasteiger charge is 2.25. The van der Waals surface area contributed by atoms with Crippen LogP contribution in [0.5, 0.6) is 0 Å². The smallest absolute Gasteiger partial charge is 0.407 e. The van der Waals surface area contributed by atoms with Gasteiger partial charge in [0, 0.05) is 35.8 Å².